The number of hydrogen-bond acceptors (Lipinski definition) is 3. The van der Waals surface area contributed by atoms with Crippen LogP contribution in [-0.4, -0.2) is 16.0 Å². The van der Waals surface area contributed by atoms with Gasteiger partial charge >= 0.3 is 0 Å². The summed E-state index contributed by atoms with van der Waals surface area (Å²) in [5.74, 6) is 0.546. The van der Waals surface area contributed by atoms with Crippen LogP contribution in [0.2, 0.25) is 0 Å². The summed E-state index contributed by atoms with van der Waals surface area (Å²) >= 11 is 1.53. The van der Waals surface area contributed by atoms with E-state index < -0.39 is 10.8 Å². The molecule has 2 N–H and O–H groups in total. The zero-order valence-corrected chi connectivity index (χ0v) is 10.5. The van der Waals surface area contributed by atoms with Crippen molar-refractivity contribution in [2.45, 2.75) is 31.0 Å². The summed E-state index contributed by atoms with van der Waals surface area (Å²) in [6.07, 6.45) is 0. The maximum atomic E-state index is 11.8. The van der Waals surface area contributed by atoms with Crippen LogP contribution >= 0.6 is 11.3 Å². The lowest BCUT2D eigenvalue weighted by molar-refractivity contribution is 0.342. The average molecular weight is 231 g/mol. The molecule has 0 amide bonds. The van der Waals surface area contributed by atoms with Gasteiger partial charge in [-0.1, -0.05) is 26.8 Å². The summed E-state index contributed by atoms with van der Waals surface area (Å²) in [5, 5.41) is 1.94. The first-order chi connectivity index (χ1) is 6.41. The number of rotatable bonds is 3. The molecule has 1 aromatic heterocycles. The Morgan fingerprint density at radius 2 is 2.21 bits per heavy atom. The number of nitrogens with two attached hydrogens (primary N) is 1. The van der Waals surface area contributed by atoms with Crippen molar-refractivity contribution in [2.75, 3.05) is 5.75 Å². The van der Waals surface area contributed by atoms with E-state index in [4.69, 9.17) is 5.73 Å². The lowest BCUT2D eigenvalue weighted by atomic mass is 9.89. The Kier molecular flexibility index (Phi) is 3.86. The fourth-order valence-electron chi connectivity index (χ4n) is 0.888. The summed E-state index contributed by atoms with van der Waals surface area (Å²) < 4.78 is 12.7. The summed E-state index contributed by atoms with van der Waals surface area (Å²) in [6.45, 7) is 6.22. The summed E-state index contributed by atoms with van der Waals surface area (Å²) in [4.78, 5) is 0. The molecule has 0 aliphatic heterocycles. The van der Waals surface area contributed by atoms with E-state index in [0.29, 0.717) is 5.75 Å². The third-order valence-corrected chi connectivity index (χ3v) is 4.92. The van der Waals surface area contributed by atoms with E-state index in [1.54, 1.807) is 0 Å². The van der Waals surface area contributed by atoms with E-state index in [0.717, 1.165) is 4.21 Å². The van der Waals surface area contributed by atoms with Gasteiger partial charge in [-0.2, -0.15) is 0 Å². The van der Waals surface area contributed by atoms with Crippen molar-refractivity contribution in [2.24, 2.45) is 11.1 Å². The molecule has 0 aliphatic carbocycles. The molecular formula is C10H17NOS2. The van der Waals surface area contributed by atoms with E-state index in [2.05, 4.69) is 20.8 Å². The Hall–Kier alpha value is -0.190. The molecule has 0 saturated heterocycles. The van der Waals surface area contributed by atoms with E-state index in [-0.39, 0.29) is 11.5 Å². The molecule has 2 atom stereocenters. The Morgan fingerprint density at radius 3 is 2.64 bits per heavy atom. The third kappa shape index (κ3) is 3.19. The molecule has 14 heavy (non-hydrogen) atoms. The molecule has 80 valence electrons. The molecule has 2 unspecified atom stereocenters. The van der Waals surface area contributed by atoms with Crippen LogP contribution < -0.4 is 5.73 Å². The topological polar surface area (TPSA) is 43.1 Å². The van der Waals surface area contributed by atoms with Crippen molar-refractivity contribution >= 4 is 22.1 Å². The summed E-state index contributed by atoms with van der Waals surface area (Å²) in [6, 6.07) is 3.79. The molecule has 1 heterocycles. The van der Waals surface area contributed by atoms with Crippen molar-refractivity contribution in [3.8, 4) is 0 Å². The van der Waals surface area contributed by atoms with Gasteiger partial charge < -0.3 is 5.73 Å². The highest BCUT2D eigenvalue weighted by atomic mass is 32.2. The van der Waals surface area contributed by atoms with E-state index in [1.165, 1.54) is 11.3 Å². The van der Waals surface area contributed by atoms with Gasteiger partial charge in [0.25, 0.3) is 0 Å². The molecule has 0 radical (unpaired) electrons. The van der Waals surface area contributed by atoms with Crippen molar-refractivity contribution < 1.29 is 4.21 Å². The van der Waals surface area contributed by atoms with Gasteiger partial charge in [-0.05, 0) is 16.9 Å². The second-order valence-electron chi connectivity index (χ2n) is 4.42. The Bertz CT molecular complexity index is 300. The molecule has 0 saturated carbocycles. The number of hydrogen-bond donors (Lipinski definition) is 1. The second-order valence-corrected chi connectivity index (χ2v) is 7.09. The Morgan fingerprint density at radius 1 is 1.57 bits per heavy atom. The predicted octanol–water partition coefficient (Wildman–Crippen LogP) is 2.23. The molecule has 0 spiro atoms. The molecule has 4 heteroatoms. The van der Waals surface area contributed by atoms with Gasteiger partial charge in [0, 0.05) is 11.8 Å². The first-order valence-corrected chi connectivity index (χ1v) is 6.78. The normalized spacial score (nSPS) is 16.6. The lowest BCUT2D eigenvalue weighted by Gasteiger charge is -2.26. The molecule has 0 fully saturated rings. The van der Waals surface area contributed by atoms with E-state index >= 15 is 0 Å². The summed E-state index contributed by atoms with van der Waals surface area (Å²) in [5.41, 5.74) is 5.99. The van der Waals surface area contributed by atoms with Crippen LogP contribution in [0.15, 0.2) is 21.7 Å². The van der Waals surface area contributed by atoms with Gasteiger partial charge in [0.1, 0.15) is 0 Å². The van der Waals surface area contributed by atoms with Gasteiger partial charge in [0.2, 0.25) is 0 Å². The van der Waals surface area contributed by atoms with Crippen LogP contribution in [0, 0.1) is 5.41 Å². The maximum absolute atomic E-state index is 11.8. The first kappa shape index (κ1) is 11.9. The van der Waals surface area contributed by atoms with E-state index in [9.17, 15) is 4.21 Å². The molecule has 0 bridgehead atoms. The zero-order valence-electron chi connectivity index (χ0n) is 8.82. The monoisotopic (exact) mass is 231 g/mol. The minimum atomic E-state index is -0.935. The van der Waals surface area contributed by atoms with Crippen LogP contribution in [0.4, 0.5) is 0 Å². The van der Waals surface area contributed by atoms with Crippen molar-refractivity contribution in [1.29, 1.82) is 0 Å². The van der Waals surface area contributed by atoms with Crippen LogP contribution in [0.3, 0.4) is 0 Å². The molecule has 1 aromatic rings. The largest absolute Gasteiger partial charge is 0.326 e. The van der Waals surface area contributed by atoms with Crippen molar-refractivity contribution in [3.63, 3.8) is 0 Å². The SMILES string of the molecule is CC(C)(C)C(N)CS(=O)c1cccs1. The quantitative estimate of drug-likeness (QED) is 0.867. The van der Waals surface area contributed by atoms with Gasteiger partial charge in [-0.15, -0.1) is 11.3 Å². The third-order valence-electron chi connectivity index (χ3n) is 2.16. The Labute approximate surface area is 92.0 Å². The molecule has 0 aliphatic rings. The highest BCUT2D eigenvalue weighted by Gasteiger charge is 2.23. The Balaban J connectivity index is 2.58. The lowest BCUT2D eigenvalue weighted by Crippen LogP contribution is -2.39. The fourth-order valence-corrected chi connectivity index (χ4v) is 3.36. The van der Waals surface area contributed by atoms with Gasteiger partial charge in [-0.25, -0.2) is 0 Å². The maximum Gasteiger partial charge on any atom is 0.0911 e. The van der Waals surface area contributed by atoms with Crippen LogP contribution in [0.5, 0.6) is 0 Å². The molecule has 1 rings (SSSR count). The highest BCUT2D eigenvalue weighted by molar-refractivity contribution is 7.87. The molecule has 0 aromatic carbocycles. The second kappa shape index (κ2) is 4.55. The molecular weight excluding hydrogens is 214 g/mol. The van der Waals surface area contributed by atoms with Gasteiger partial charge in [0.15, 0.2) is 0 Å². The number of thiophene rings is 1. The highest BCUT2D eigenvalue weighted by Crippen LogP contribution is 2.21. The standard InChI is InChI=1S/C10H17NOS2/c1-10(2,3)8(11)7-14(12)9-5-4-6-13-9/h4-6,8H,7,11H2,1-3H3. The smallest absolute Gasteiger partial charge is 0.0911 e. The first-order valence-electron chi connectivity index (χ1n) is 4.58. The predicted molar refractivity (Wildman–Crippen MR) is 63.0 cm³/mol. The van der Waals surface area contributed by atoms with Crippen molar-refractivity contribution in [3.05, 3.63) is 17.5 Å². The average Bonchev–Trinajstić information content (AvgIpc) is 2.53. The molecule has 2 nitrogen and oxygen atoms in total. The van der Waals surface area contributed by atoms with Crippen molar-refractivity contribution in [1.82, 2.24) is 0 Å². The zero-order chi connectivity index (χ0) is 10.8. The van der Waals surface area contributed by atoms with Crippen LogP contribution in [-0.2, 0) is 10.8 Å². The minimum absolute atomic E-state index is 0.0208. The minimum Gasteiger partial charge on any atom is -0.326 e. The van der Waals surface area contributed by atoms with Crippen LogP contribution in [0.25, 0.3) is 0 Å². The summed E-state index contributed by atoms with van der Waals surface area (Å²) in [7, 11) is -0.935. The van der Waals surface area contributed by atoms with Crippen LogP contribution in [0.1, 0.15) is 20.8 Å². The fraction of sp³-hybridized carbons (Fsp3) is 0.600. The van der Waals surface area contributed by atoms with Gasteiger partial charge in [0.05, 0.1) is 15.0 Å². The van der Waals surface area contributed by atoms with Gasteiger partial charge in [-0.3, -0.25) is 4.21 Å². The van der Waals surface area contributed by atoms with E-state index in [1.807, 2.05) is 17.5 Å².